The molecule has 1 fully saturated rings. The summed E-state index contributed by atoms with van der Waals surface area (Å²) in [6.07, 6.45) is 0.143. The average Bonchev–Trinajstić information content (AvgIpc) is 3.03. The van der Waals surface area contributed by atoms with E-state index in [1.54, 1.807) is 11.0 Å². The Morgan fingerprint density at radius 1 is 1.04 bits per heavy atom. The van der Waals surface area contributed by atoms with Crippen LogP contribution in [0.1, 0.15) is 6.42 Å². The molecule has 1 unspecified atom stereocenters. The van der Waals surface area contributed by atoms with Crippen LogP contribution in [0.15, 0.2) is 66.7 Å². The fraction of sp³-hybridized carbons (Fsp3) is 0.143. The summed E-state index contributed by atoms with van der Waals surface area (Å²) in [6.45, 7) is 0.313. The molecular weight excluding hydrogens is 331 g/mol. The predicted octanol–water partition coefficient (Wildman–Crippen LogP) is 3.97. The molecule has 5 heteroatoms. The molecular formula is C21H17FN2O2. The minimum atomic E-state index is -0.468. The van der Waals surface area contributed by atoms with Crippen molar-refractivity contribution in [1.82, 2.24) is 0 Å². The fourth-order valence-corrected chi connectivity index (χ4v) is 3.37. The summed E-state index contributed by atoms with van der Waals surface area (Å²) in [5, 5.41) is 4.72. The van der Waals surface area contributed by atoms with Crippen molar-refractivity contribution in [2.75, 3.05) is 16.8 Å². The van der Waals surface area contributed by atoms with Gasteiger partial charge in [0.2, 0.25) is 11.8 Å². The molecule has 0 saturated carbocycles. The van der Waals surface area contributed by atoms with E-state index in [2.05, 4.69) is 5.32 Å². The first-order valence-corrected chi connectivity index (χ1v) is 8.46. The Labute approximate surface area is 150 Å². The van der Waals surface area contributed by atoms with E-state index in [1.165, 1.54) is 18.2 Å². The quantitative estimate of drug-likeness (QED) is 0.779. The van der Waals surface area contributed by atoms with Crippen molar-refractivity contribution in [2.45, 2.75) is 6.42 Å². The Balaban J connectivity index is 1.56. The molecule has 1 saturated heterocycles. The Morgan fingerprint density at radius 3 is 2.65 bits per heavy atom. The molecule has 3 aromatic rings. The number of halogens is 1. The van der Waals surface area contributed by atoms with Crippen LogP contribution < -0.4 is 10.2 Å². The zero-order valence-corrected chi connectivity index (χ0v) is 14.0. The SMILES string of the molecule is O=C(Nc1cccc(F)c1)C1CC(=O)N(c2cccc3ccccc23)C1. The van der Waals surface area contributed by atoms with E-state index in [0.717, 1.165) is 16.5 Å². The van der Waals surface area contributed by atoms with Gasteiger partial charge in [-0.05, 0) is 29.7 Å². The summed E-state index contributed by atoms with van der Waals surface area (Å²) in [7, 11) is 0. The maximum Gasteiger partial charge on any atom is 0.229 e. The second-order valence-corrected chi connectivity index (χ2v) is 6.40. The molecule has 2 amide bonds. The normalized spacial score (nSPS) is 16.9. The Bertz CT molecular complexity index is 997. The van der Waals surface area contributed by atoms with Crippen molar-refractivity contribution in [3.05, 3.63) is 72.5 Å². The van der Waals surface area contributed by atoms with Crippen LogP contribution in [0.3, 0.4) is 0 Å². The third-order valence-electron chi connectivity index (χ3n) is 4.65. The molecule has 0 aromatic heterocycles. The van der Waals surface area contributed by atoms with Crippen molar-refractivity contribution in [2.24, 2.45) is 5.92 Å². The molecule has 130 valence electrons. The first-order valence-electron chi connectivity index (χ1n) is 8.46. The molecule has 4 nitrogen and oxygen atoms in total. The van der Waals surface area contributed by atoms with Gasteiger partial charge in [0.1, 0.15) is 5.82 Å². The summed E-state index contributed by atoms with van der Waals surface area (Å²) in [5.41, 5.74) is 1.21. The van der Waals surface area contributed by atoms with E-state index >= 15 is 0 Å². The highest BCUT2D eigenvalue weighted by molar-refractivity contribution is 6.08. The molecule has 1 aliphatic heterocycles. The molecule has 0 bridgehead atoms. The second-order valence-electron chi connectivity index (χ2n) is 6.40. The number of anilines is 2. The lowest BCUT2D eigenvalue weighted by Crippen LogP contribution is -2.28. The Morgan fingerprint density at radius 2 is 1.81 bits per heavy atom. The van der Waals surface area contributed by atoms with Crippen molar-refractivity contribution < 1.29 is 14.0 Å². The number of fused-ring (bicyclic) bond motifs is 1. The first kappa shape index (κ1) is 16.3. The van der Waals surface area contributed by atoms with Gasteiger partial charge in [-0.25, -0.2) is 4.39 Å². The summed E-state index contributed by atoms with van der Waals surface area (Å²) in [4.78, 5) is 26.7. The van der Waals surface area contributed by atoms with Crippen LogP contribution in [0, 0.1) is 11.7 Å². The molecule has 1 aliphatic rings. The van der Waals surface area contributed by atoms with Crippen LogP contribution in [-0.2, 0) is 9.59 Å². The van der Waals surface area contributed by atoms with Gasteiger partial charge in [0.25, 0.3) is 0 Å². The van der Waals surface area contributed by atoms with Gasteiger partial charge < -0.3 is 10.2 Å². The van der Waals surface area contributed by atoms with E-state index in [9.17, 15) is 14.0 Å². The highest BCUT2D eigenvalue weighted by Gasteiger charge is 2.35. The molecule has 1 heterocycles. The Hall–Kier alpha value is -3.21. The zero-order valence-electron chi connectivity index (χ0n) is 14.0. The lowest BCUT2D eigenvalue weighted by atomic mass is 10.1. The number of nitrogens with zero attached hydrogens (tertiary/aromatic N) is 1. The maximum absolute atomic E-state index is 13.3. The summed E-state index contributed by atoms with van der Waals surface area (Å²) in [6, 6.07) is 19.4. The Kier molecular flexibility index (Phi) is 4.13. The van der Waals surface area contributed by atoms with Crippen LogP contribution in [0.25, 0.3) is 10.8 Å². The second kappa shape index (κ2) is 6.59. The monoisotopic (exact) mass is 348 g/mol. The van der Waals surface area contributed by atoms with E-state index in [4.69, 9.17) is 0 Å². The van der Waals surface area contributed by atoms with E-state index in [1.807, 2.05) is 42.5 Å². The summed E-state index contributed by atoms with van der Waals surface area (Å²) >= 11 is 0. The number of carbonyl (C=O) groups excluding carboxylic acids is 2. The predicted molar refractivity (Wildman–Crippen MR) is 99.4 cm³/mol. The van der Waals surface area contributed by atoms with Gasteiger partial charge in [-0.2, -0.15) is 0 Å². The lowest BCUT2D eigenvalue weighted by molar-refractivity contribution is -0.122. The smallest absolute Gasteiger partial charge is 0.229 e. The third-order valence-corrected chi connectivity index (χ3v) is 4.65. The van der Waals surface area contributed by atoms with Gasteiger partial charge in [0.05, 0.1) is 11.6 Å². The van der Waals surface area contributed by atoms with Gasteiger partial charge in [-0.15, -0.1) is 0 Å². The highest BCUT2D eigenvalue weighted by Crippen LogP contribution is 2.32. The standard InChI is InChI=1S/C21H17FN2O2/c22-16-7-4-8-17(12-16)23-21(26)15-11-20(25)24(13-15)19-10-3-6-14-5-1-2-9-18(14)19/h1-10,12,15H,11,13H2,(H,23,26). The molecule has 4 rings (SSSR count). The minimum Gasteiger partial charge on any atom is -0.326 e. The number of nitrogens with one attached hydrogen (secondary N) is 1. The number of rotatable bonds is 3. The average molecular weight is 348 g/mol. The van der Waals surface area contributed by atoms with Gasteiger partial charge in [-0.3, -0.25) is 9.59 Å². The zero-order chi connectivity index (χ0) is 18.1. The van der Waals surface area contributed by atoms with Crippen LogP contribution in [0.2, 0.25) is 0 Å². The third kappa shape index (κ3) is 3.04. The van der Waals surface area contributed by atoms with E-state index in [0.29, 0.717) is 12.2 Å². The lowest BCUT2D eigenvalue weighted by Gasteiger charge is -2.19. The molecule has 0 spiro atoms. The number of amides is 2. The van der Waals surface area contributed by atoms with Crippen LogP contribution in [0.4, 0.5) is 15.8 Å². The van der Waals surface area contributed by atoms with E-state index < -0.39 is 11.7 Å². The maximum atomic E-state index is 13.3. The molecule has 0 aliphatic carbocycles. The number of benzene rings is 3. The van der Waals surface area contributed by atoms with Gasteiger partial charge in [0.15, 0.2) is 0 Å². The van der Waals surface area contributed by atoms with Crippen LogP contribution in [-0.4, -0.2) is 18.4 Å². The van der Waals surface area contributed by atoms with Crippen molar-refractivity contribution >= 4 is 34.0 Å². The summed E-state index contributed by atoms with van der Waals surface area (Å²) < 4.78 is 13.3. The topological polar surface area (TPSA) is 49.4 Å². The largest absolute Gasteiger partial charge is 0.326 e. The van der Waals surface area contributed by atoms with Crippen molar-refractivity contribution in [1.29, 1.82) is 0 Å². The van der Waals surface area contributed by atoms with Crippen molar-refractivity contribution in [3.8, 4) is 0 Å². The number of carbonyl (C=O) groups is 2. The highest BCUT2D eigenvalue weighted by atomic mass is 19.1. The first-order chi connectivity index (χ1) is 12.6. The molecule has 1 atom stereocenters. The molecule has 0 radical (unpaired) electrons. The van der Waals surface area contributed by atoms with Crippen LogP contribution >= 0.6 is 0 Å². The van der Waals surface area contributed by atoms with Gasteiger partial charge >= 0.3 is 0 Å². The minimum absolute atomic E-state index is 0.0826. The molecule has 1 N–H and O–H groups in total. The van der Waals surface area contributed by atoms with Crippen molar-refractivity contribution in [3.63, 3.8) is 0 Å². The number of hydrogen-bond acceptors (Lipinski definition) is 2. The number of hydrogen-bond donors (Lipinski definition) is 1. The van der Waals surface area contributed by atoms with Crippen LogP contribution in [0.5, 0.6) is 0 Å². The fourth-order valence-electron chi connectivity index (χ4n) is 3.37. The molecule has 3 aromatic carbocycles. The summed E-state index contributed by atoms with van der Waals surface area (Å²) in [5.74, 6) is -1.24. The van der Waals surface area contributed by atoms with Gasteiger partial charge in [-0.1, -0.05) is 42.5 Å². The molecule has 26 heavy (non-hydrogen) atoms. The van der Waals surface area contributed by atoms with E-state index in [-0.39, 0.29) is 18.2 Å². The van der Waals surface area contributed by atoms with Gasteiger partial charge in [0, 0.05) is 24.0 Å².